The van der Waals surface area contributed by atoms with E-state index < -0.39 is 0 Å². The topological polar surface area (TPSA) is 42.4 Å². The third-order valence-corrected chi connectivity index (χ3v) is 6.16. The van der Waals surface area contributed by atoms with Crippen LogP contribution in [0.5, 0.6) is 0 Å². The zero-order valence-electron chi connectivity index (χ0n) is 15.8. The van der Waals surface area contributed by atoms with E-state index in [4.69, 9.17) is 4.74 Å². The standard InChI is InChI=1S/C24H24N2O2/c27-24(22-8-4-10-23-21(22)9-5-11-25-23)18-12-19-15-28-16-20(13-18)26(19)14-17-6-2-1-3-7-17/h1-11,18-20H,12-16H2. The maximum atomic E-state index is 13.4. The van der Waals surface area contributed by atoms with Gasteiger partial charge >= 0.3 is 0 Å². The number of carbonyl (C=O) groups excluding carboxylic acids is 1. The van der Waals surface area contributed by atoms with Crippen LogP contribution in [0.3, 0.4) is 0 Å². The highest BCUT2D eigenvalue weighted by atomic mass is 16.5. The Morgan fingerprint density at radius 3 is 2.54 bits per heavy atom. The fourth-order valence-electron chi connectivity index (χ4n) is 4.79. The number of carbonyl (C=O) groups is 1. The van der Waals surface area contributed by atoms with Gasteiger partial charge in [-0.2, -0.15) is 0 Å². The molecule has 4 nitrogen and oxygen atoms in total. The number of ketones is 1. The molecule has 4 heteroatoms. The summed E-state index contributed by atoms with van der Waals surface area (Å²) in [6.45, 7) is 2.35. The number of fused-ring (bicyclic) bond motifs is 3. The van der Waals surface area contributed by atoms with Crippen LogP contribution in [0.2, 0.25) is 0 Å². The first-order valence-corrected chi connectivity index (χ1v) is 10.0. The normalized spacial score (nSPS) is 24.9. The average molecular weight is 372 g/mol. The Morgan fingerprint density at radius 1 is 0.964 bits per heavy atom. The number of piperidine rings is 1. The minimum atomic E-state index is 0.0525. The van der Waals surface area contributed by atoms with Gasteiger partial charge in [-0.1, -0.05) is 48.5 Å². The number of hydrogen-bond donors (Lipinski definition) is 0. The van der Waals surface area contributed by atoms with Gasteiger partial charge in [-0.25, -0.2) is 0 Å². The Labute approximate surface area is 165 Å². The molecule has 0 radical (unpaired) electrons. The summed E-state index contributed by atoms with van der Waals surface area (Å²) in [5.41, 5.74) is 3.02. The summed E-state index contributed by atoms with van der Waals surface area (Å²) in [7, 11) is 0. The second-order valence-electron chi connectivity index (χ2n) is 7.91. The van der Waals surface area contributed by atoms with Gasteiger partial charge in [-0.05, 0) is 30.5 Å². The number of hydrogen-bond acceptors (Lipinski definition) is 4. The molecule has 28 heavy (non-hydrogen) atoms. The first-order valence-electron chi connectivity index (χ1n) is 10.0. The maximum absolute atomic E-state index is 13.4. The summed E-state index contributed by atoms with van der Waals surface area (Å²) in [5, 5.41) is 0.961. The Bertz CT molecular complexity index is 969. The highest BCUT2D eigenvalue weighted by molar-refractivity contribution is 6.08. The Hall–Kier alpha value is -2.56. The van der Waals surface area contributed by atoms with Crippen molar-refractivity contribution in [2.24, 2.45) is 5.92 Å². The molecule has 0 spiro atoms. The fraction of sp³-hybridized carbons (Fsp3) is 0.333. The van der Waals surface area contributed by atoms with Crippen LogP contribution in [-0.4, -0.2) is 41.0 Å². The molecule has 2 aliphatic rings. The number of rotatable bonds is 4. The van der Waals surface area contributed by atoms with Crippen molar-refractivity contribution >= 4 is 16.7 Å². The van der Waals surface area contributed by atoms with Gasteiger partial charge in [-0.15, -0.1) is 0 Å². The van der Waals surface area contributed by atoms with E-state index in [1.807, 2.05) is 30.3 Å². The van der Waals surface area contributed by atoms with Crippen LogP contribution < -0.4 is 0 Å². The molecular formula is C24H24N2O2. The van der Waals surface area contributed by atoms with Crippen LogP contribution in [0.25, 0.3) is 10.9 Å². The largest absolute Gasteiger partial charge is 0.378 e. The molecule has 2 atom stereocenters. The van der Waals surface area contributed by atoms with E-state index in [2.05, 4.69) is 40.2 Å². The second-order valence-corrected chi connectivity index (χ2v) is 7.91. The minimum Gasteiger partial charge on any atom is -0.378 e. The monoisotopic (exact) mass is 372 g/mol. The van der Waals surface area contributed by atoms with E-state index in [0.717, 1.165) is 35.9 Å². The van der Waals surface area contributed by atoms with E-state index >= 15 is 0 Å². The zero-order chi connectivity index (χ0) is 18.9. The van der Waals surface area contributed by atoms with Crippen molar-refractivity contribution < 1.29 is 9.53 Å². The van der Waals surface area contributed by atoms with E-state index in [0.29, 0.717) is 25.3 Å². The van der Waals surface area contributed by atoms with Crippen LogP contribution in [-0.2, 0) is 11.3 Å². The predicted molar refractivity (Wildman–Crippen MR) is 109 cm³/mol. The number of Topliss-reactive ketones (excluding diaryl/α,β-unsaturated/α-hetero) is 1. The van der Waals surface area contributed by atoms with Gasteiger partial charge in [0.25, 0.3) is 0 Å². The molecule has 2 fully saturated rings. The third-order valence-electron chi connectivity index (χ3n) is 6.16. The first-order chi connectivity index (χ1) is 13.8. The summed E-state index contributed by atoms with van der Waals surface area (Å²) >= 11 is 0. The maximum Gasteiger partial charge on any atom is 0.166 e. The van der Waals surface area contributed by atoms with Gasteiger partial charge in [0.15, 0.2) is 5.78 Å². The molecule has 3 heterocycles. The fourth-order valence-corrected chi connectivity index (χ4v) is 4.79. The molecule has 3 aromatic rings. The van der Waals surface area contributed by atoms with Crippen molar-refractivity contribution in [2.45, 2.75) is 31.5 Å². The lowest BCUT2D eigenvalue weighted by molar-refractivity contribution is -0.0872. The molecule has 2 unspecified atom stereocenters. The van der Waals surface area contributed by atoms with Gasteiger partial charge < -0.3 is 4.74 Å². The number of ether oxygens (including phenoxy) is 1. The lowest BCUT2D eigenvalue weighted by atomic mass is 9.80. The van der Waals surface area contributed by atoms with Crippen LogP contribution in [0.15, 0.2) is 66.9 Å². The molecule has 2 saturated heterocycles. The molecule has 0 N–H and O–H groups in total. The number of benzene rings is 2. The number of nitrogens with zero attached hydrogens (tertiary/aromatic N) is 2. The molecule has 142 valence electrons. The summed E-state index contributed by atoms with van der Waals surface area (Å²) < 4.78 is 5.85. The molecule has 5 rings (SSSR count). The van der Waals surface area contributed by atoms with Gasteiger partial charge in [-0.3, -0.25) is 14.7 Å². The predicted octanol–water partition coefficient (Wildman–Crippen LogP) is 4.10. The van der Waals surface area contributed by atoms with Crippen LogP contribution in [0.4, 0.5) is 0 Å². The third kappa shape index (κ3) is 3.23. The lowest BCUT2D eigenvalue weighted by Crippen LogP contribution is -2.57. The number of morpholine rings is 1. The van der Waals surface area contributed by atoms with Gasteiger partial charge in [0.05, 0.1) is 18.7 Å². The van der Waals surface area contributed by atoms with E-state index in [9.17, 15) is 4.79 Å². The van der Waals surface area contributed by atoms with Crippen molar-refractivity contribution in [3.05, 3.63) is 78.0 Å². The Kier molecular flexibility index (Phi) is 4.67. The average Bonchev–Trinajstić information content (AvgIpc) is 2.73. The quantitative estimate of drug-likeness (QED) is 0.647. The number of pyridine rings is 1. The van der Waals surface area contributed by atoms with E-state index in [-0.39, 0.29) is 11.7 Å². The van der Waals surface area contributed by atoms with E-state index in [1.54, 1.807) is 6.20 Å². The smallest absolute Gasteiger partial charge is 0.166 e. The Morgan fingerprint density at radius 2 is 1.75 bits per heavy atom. The van der Waals surface area contributed by atoms with Crippen molar-refractivity contribution in [2.75, 3.05) is 13.2 Å². The van der Waals surface area contributed by atoms with Crippen LogP contribution in [0.1, 0.15) is 28.8 Å². The van der Waals surface area contributed by atoms with Gasteiger partial charge in [0, 0.05) is 41.7 Å². The van der Waals surface area contributed by atoms with Crippen molar-refractivity contribution in [1.82, 2.24) is 9.88 Å². The lowest BCUT2D eigenvalue weighted by Gasteiger charge is -2.48. The van der Waals surface area contributed by atoms with Crippen molar-refractivity contribution in [3.63, 3.8) is 0 Å². The summed E-state index contributed by atoms with van der Waals surface area (Å²) in [5.74, 6) is 0.312. The molecule has 1 aromatic heterocycles. The SMILES string of the molecule is O=C(c1cccc2ncccc12)C1CC2COCC(C1)N2Cc1ccccc1. The van der Waals surface area contributed by atoms with Crippen molar-refractivity contribution in [3.8, 4) is 0 Å². The highest BCUT2D eigenvalue weighted by Crippen LogP contribution is 2.35. The molecule has 0 aliphatic carbocycles. The van der Waals surface area contributed by atoms with Crippen LogP contribution >= 0.6 is 0 Å². The highest BCUT2D eigenvalue weighted by Gasteiger charge is 2.41. The molecule has 0 saturated carbocycles. The van der Waals surface area contributed by atoms with Gasteiger partial charge in [0.2, 0.25) is 0 Å². The summed E-state index contributed by atoms with van der Waals surface area (Å²) in [4.78, 5) is 20.4. The molecular weight excluding hydrogens is 348 g/mol. The minimum absolute atomic E-state index is 0.0525. The van der Waals surface area contributed by atoms with E-state index in [1.165, 1.54) is 5.56 Å². The number of aromatic nitrogens is 1. The second kappa shape index (κ2) is 7.46. The molecule has 0 amide bonds. The molecule has 2 aliphatic heterocycles. The first kappa shape index (κ1) is 17.5. The van der Waals surface area contributed by atoms with Gasteiger partial charge in [0.1, 0.15) is 0 Å². The van der Waals surface area contributed by atoms with Crippen LogP contribution in [0, 0.1) is 5.92 Å². The zero-order valence-corrected chi connectivity index (χ0v) is 15.8. The van der Waals surface area contributed by atoms with Crippen molar-refractivity contribution in [1.29, 1.82) is 0 Å². The Balaban J connectivity index is 1.39. The summed E-state index contributed by atoms with van der Waals surface area (Å²) in [6, 6.07) is 21.0. The molecule has 2 bridgehead atoms. The summed E-state index contributed by atoms with van der Waals surface area (Å²) in [6.07, 6.45) is 3.50. The molecule has 2 aromatic carbocycles.